The van der Waals surface area contributed by atoms with Crippen molar-refractivity contribution in [3.8, 4) is 23.0 Å². The van der Waals surface area contributed by atoms with E-state index in [-0.39, 0.29) is 0 Å². The summed E-state index contributed by atoms with van der Waals surface area (Å²) in [5.74, 6) is 3.17. The van der Waals surface area contributed by atoms with Gasteiger partial charge in [-0.1, -0.05) is 60.7 Å². The number of fused-ring (bicyclic) bond motifs is 2. The number of hydrogen-bond acceptors (Lipinski definition) is 5. The average Bonchev–Trinajstić information content (AvgIpc) is 3.07. The lowest BCUT2D eigenvalue weighted by molar-refractivity contribution is 0.112. The Balaban J connectivity index is 0.931. The van der Waals surface area contributed by atoms with Crippen LogP contribution < -0.4 is 18.9 Å². The molecule has 0 atom stereocenters. The van der Waals surface area contributed by atoms with E-state index in [1.807, 2.05) is 36.4 Å². The zero-order valence-corrected chi connectivity index (χ0v) is 25.4. The lowest BCUT2D eigenvalue weighted by Gasteiger charge is -2.13. The molecule has 5 rings (SSSR count). The maximum Gasteiger partial charge on any atom is 0.161 e. The minimum Gasteiger partial charge on any atom is -0.494 e. The van der Waals surface area contributed by atoms with Gasteiger partial charge in [-0.25, -0.2) is 0 Å². The summed E-state index contributed by atoms with van der Waals surface area (Å²) in [6, 6.07) is 34.5. The molecule has 0 amide bonds. The Kier molecular flexibility index (Phi) is 11.9. The number of carbonyl (C=O) groups is 1. The smallest absolute Gasteiger partial charge is 0.161 e. The number of rotatable bonds is 19. The molecule has 0 aliphatic rings. The van der Waals surface area contributed by atoms with E-state index in [0.717, 1.165) is 69.2 Å². The van der Waals surface area contributed by atoms with Gasteiger partial charge in [-0.3, -0.25) is 4.79 Å². The molecule has 5 aromatic rings. The van der Waals surface area contributed by atoms with Crippen LogP contribution in [0.4, 0.5) is 0 Å². The molecule has 0 saturated heterocycles. The first-order valence-electron chi connectivity index (χ1n) is 15.9. The van der Waals surface area contributed by atoms with Crippen LogP contribution in [0, 0.1) is 0 Å². The highest BCUT2D eigenvalue weighted by atomic mass is 16.5. The summed E-state index contributed by atoms with van der Waals surface area (Å²) in [6.45, 7) is 2.61. The van der Waals surface area contributed by atoms with Gasteiger partial charge in [0.25, 0.3) is 0 Å². The normalized spacial score (nSPS) is 11.0. The van der Waals surface area contributed by atoms with E-state index in [1.54, 1.807) is 12.1 Å². The van der Waals surface area contributed by atoms with E-state index in [9.17, 15) is 4.79 Å². The van der Waals surface area contributed by atoms with Crippen molar-refractivity contribution in [2.24, 2.45) is 0 Å². The van der Waals surface area contributed by atoms with Gasteiger partial charge in [-0.2, -0.15) is 0 Å². The zero-order valence-electron chi connectivity index (χ0n) is 25.4. The second-order valence-corrected chi connectivity index (χ2v) is 11.1. The predicted molar refractivity (Wildman–Crippen MR) is 179 cm³/mol. The van der Waals surface area contributed by atoms with Crippen molar-refractivity contribution in [1.82, 2.24) is 0 Å². The molecular formula is C39H42O5. The van der Waals surface area contributed by atoms with Crippen LogP contribution in [-0.2, 0) is 0 Å². The number of carbonyl (C=O) groups excluding carboxylic acids is 1. The van der Waals surface area contributed by atoms with Gasteiger partial charge in [-0.15, -0.1) is 0 Å². The minimum absolute atomic E-state index is 0.585. The van der Waals surface area contributed by atoms with Crippen LogP contribution in [0.2, 0.25) is 0 Å². The Morgan fingerprint density at radius 3 is 1.36 bits per heavy atom. The summed E-state index contributed by atoms with van der Waals surface area (Å²) in [7, 11) is 0. The lowest BCUT2D eigenvalue weighted by atomic mass is 10.1. The highest BCUT2D eigenvalue weighted by Gasteiger charge is 2.08. The van der Waals surface area contributed by atoms with E-state index >= 15 is 0 Å². The topological polar surface area (TPSA) is 54.0 Å². The third kappa shape index (κ3) is 9.50. The van der Waals surface area contributed by atoms with Gasteiger partial charge in [0.15, 0.2) is 11.5 Å². The Morgan fingerprint density at radius 1 is 0.409 bits per heavy atom. The molecule has 228 valence electrons. The number of unbranched alkanes of at least 4 members (excludes halogenated alkanes) is 6. The number of aldehydes is 1. The maximum atomic E-state index is 11.3. The van der Waals surface area contributed by atoms with Gasteiger partial charge in [-0.05, 0) is 115 Å². The zero-order chi connectivity index (χ0) is 30.2. The molecule has 0 radical (unpaired) electrons. The quantitative estimate of drug-likeness (QED) is 0.0708. The molecular weight excluding hydrogens is 548 g/mol. The molecule has 0 unspecified atom stereocenters. The number of hydrogen-bond donors (Lipinski definition) is 0. The fourth-order valence-corrected chi connectivity index (χ4v) is 5.20. The van der Waals surface area contributed by atoms with Crippen LogP contribution in [0.25, 0.3) is 21.5 Å². The predicted octanol–water partition coefficient (Wildman–Crippen LogP) is 9.84. The van der Waals surface area contributed by atoms with Crippen molar-refractivity contribution in [1.29, 1.82) is 0 Å². The van der Waals surface area contributed by atoms with Gasteiger partial charge in [0.1, 0.15) is 17.8 Å². The van der Waals surface area contributed by atoms with Gasteiger partial charge in [0.2, 0.25) is 0 Å². The van der Waals surface area contributed by atoms with Crippen LogP contribution in [0.15, 0.2) is 103 Å². The molecule has 0 fully saturated rings. The van der Waals surface area contributed by atoms with Crippen LogP contribution in [0.1, 0.15) is 61.7 Å². The Labute approximate surface area is 260 Å². The first-order valence-corrected chi connectivity index (χ1v) is 15.9. The Bertz CT molecular complexity index is 1610. The van der Waals surface area contributed by atoms with Crippen molar-refractivity contribution in [2.45, 2.75) is 51.4 Å². The second kappa shape index (κ2) is 17.0. The van der Waals surface area contributed by atoms with E-state index in [1.165, 1.54) is 21.5 Å². The third-order valence-corrected chi connectivity index (χ3v) is 7.68. The van der Waals surface area contributed by atoms with Gasteiger partial charge < -0.3 is 18.9 Å². The first-order chi connectivity index (χ1) is 21.8. The third-order valence-electron chi connectivity index (χ3n) is 7.68. The standard InChI is InChI=1S/C39H42O5/c40-30-31-17-22-38(43-25-11-3-1-9-23-41-36-20-18-32-13-5-7-15-34(32)28-36)39(27-31)44-26-12-4-2-10-24-42-37-21-19-33-14-6-8-16-35(33)29-37/h5-8,13-22,27-30H,1-4,9-12,23-26H2. The summed E-state index contributed by atoms with van der Waals surface area (Å²) in [5, 5.41) is 4.85. The monoisotopic (exact) mass is 590 g/mol. The molecule has 0 aromatic heterocycles. The van der Waals surface area contributed by atoms with E-state index < -0.39 is 0 Å². The van der Waals surface area contributed by atoms with Crippen LogP contribution in [-0.4, -0.2) is 32.7 Å². The SMILES string of the molecule is O=Cc1ccc(OCCCCCCOc2ccc3ccccc3c2)c(OCCCCCCOc2ccc3ccccc3c2)c1. The molecule has 44 heavy (non-hydrogen) atoms. The van der Waals surface area contributed by atoms with Crippen LogP contribution >= 0.6 is 0 Å². The number of ether oxygens (including phenoxy) is 4. The van der Waals surface area contributed by atoms with Crippen molar-refractivity contribution in [2.75, 3.05) is 26.4 Å². The molecule has 0 N–H and O–H groups in total. The Morgan fingerprint density at radius 2 is 0.864 bits per heavy atom. The molecule has 0 saturated carbocycles. The Hall–Kier alpha value is -4.51. The maximum absolute atomic E-state index is 11.3. The lowest BCUT2D eigenvalue weighted by Crippen LogP contribution is -2.04. The molecule has 5 aromatic carbocycles. The highest BCUT2D eigenvalue weighted by molar-refractivity contribution is 5.84. The fourth-order valence-electron chi connectivity index (χ4n) is 5.20. The average molecular weight is 591 g/mol. The largest absolute Gasteiger partial charge is 0.494 e. The highest BCUT2D eigenvalue weighted by Crippen LogP contribution is 2.29. The molecule has 5 nitrogen and oxygen atoms in total. The van der Waals surface area contributed by atoms with Crippen molar-refractivity contribution in [3.63, 3.8) is 0 Å². The molecule has 5 heteroatoms. The fraction of sp³-hybridized carbons (Fsp3) is 0.308. The van der Waals surface area contributed by atoms with Crippen LogP contribution in [0.3, 0.4) is 0 Å². The van der Waals surface area contributed by atoms with E-state index in [2.05, 4.69) is 54.6 Å². The van der Waals surface area contributed by atoms with Crippen LogP contribution in [0.5, 0.6) is 23.0 Å². The summed E-state index contributed by atoms with van der Waals surface area (Å²) >= 11 is 0. The summed E-state index contributed by atoms with van der Waals surface area (Å²) in [5.41, 5.74) is 0.588. The van der Waals surface area contributed by atoms with E-state index in [0.29, 0.717) is 43.5 Å². The summed E-state index contributed by atoms with van der Waals surface area (Å²) in [6.07, 6.45) is 8.99. The summed E-state index contributed by atoms with van der Waals surface area (Å²) in [4.78, 5) is 11.3. The molecule has 0 bridgehead atoms. The van der Waals surface area contributed by atoms with Crippen molar-refractivity contribution in [3.05, 3.63) is 109 Å². The van der Waals surface area contributed by atoms with Crippen molar-refractivity contribution >= 4 is 27.8 Å². The van der Waals surface area contributed by atoms with Crippen molar-refractivity contribution < 1.29 is 23.7 Å². The molecule has 0 heterocycles. The van der Waals surface area contributed by atoms with E-state index in [4.69, 9.17) is 18.9 Å². The van der Waals surface area contributed by atoms with Gasteiger partial charge >= 0.3 is 0 Å². The second-order valence-electron chi connectivity index (χ2n) is 11.1. The first kappa shape index (κ1) is 30.9. The minimum atomic E-state index is 0.585. The summed E-state index contributed by atoms with van der Waals surface area (Å²) < 4.78 is 24.0. The van der Waals surface area contributed by atoms with Gasteiger partial charge in [0, 0.05) is 5.56 Å². The molecule has 0 spiro atoms. The molecule has 0 aliphatic carbocycles. The molecule has 0 aliphatic heterocycles. The number of benzene rings is 5. The van der Waals surface area contributed by atoms with Gasteiger partial charge in [0.05, 0.1) is 26.4 Å².